The second-order valence-electron chi connectivity index (χ2n) is 6.62. The zero-order valence-electron chi connectivity index (χ0n) is 16.2. The SMILES string of the molecule is CCOc1ccc(C(=O)c2cc3cc(C)n(CCCNS(C)(=O)=O)c3s2)cc1. The molecule has 0 bridgehead atoms. The standard InChI is InChI=1S/C20H24N2O4S2/c1-4-26-17-8-6-15(7-9-17)19(23)18-13-16-12-14(2)22(20(16)27-18)11-5-10-21-28(3,24)25/h6-9,12-13,21H,4-5,10-11H2,1-3H3. The molecule has 0 saturated carbocycles. The van der Waals surface area contributed by atoms with Gasteiger partial charge in [0.1, 0.15) is 10.6 Å². The highest BCUT2D eigenvalue weighted by atomic mass is 32.2. The van der Waals surface area contributed by atoms with Crippen LogP contribution in [0.15, 0.2) is 36.4 Å². The van der Waals surface area contributed by atoms with Crippen molar-refractivity contribution >= 4 is 37.4 Å². The molecule has 0 amide bonds. The minimum Gasteiger partial charge on any atom is -0.494 e. The number of thiophene rings is 1. The maximum Gasteiger partial charge on any atom is 0.208 e. The van der Waals surface area contributed by atoms with E-state index in [1.165, 1.54) is 11.3 Å². The maximum absolute atomic E-state index is 12.8. The van der Waals surface area contributed by atoms with Gasteiger partial charge < -0.3 is 9.30 Å². The van der Waals surface area contributed by atoms with Crippen LogP contribution in [0.4, 0.5) is 0 Å². The number of rotatable bonds is 9. The van der Waals surface area contributed by atoms with Crippen molar-refractivity contribution in [1.29, 1.82) is 0 Å². The van der Waals surface area contributed by atoms with Crippen molar-refractivity contribution in [2.75, 3.05) is 19.4 Å². The van der Waals surface area contributed by atoms with Gasteiger partial charge in [0, 0.05) is 29.7 Å². The number of ketones is 1. The number of hydrogen-bond acceptors (Lipinski definition) is 5. The largest absolute Gasteiger partial charge is 0.494 e. The molecule has 0 spiro atoms. The van der Waals surface area contributed by atoms with Crippen molar-refractivity contribution in [3.63, 3.8) is 0 Å². The Balaban J connectivity index is 1.76. The van der Waals surface area contributed by atoms with Gasteiger partial charge >= 0.3 is 0 Å². The lowest BCUT2D eigenvalue weighted by Crippen LogP contribution is -2.23. The van der Waals surface area contributed by atoms with E-state index < -0.39 is 10.0 Å². The Morgan fingerprint density at radius 2 is 1.93 bits per heavy atom. The number of benzene rings is 1. The highest BCUT2D eigenvalue weighted by Crippen LogP contribution is 2.31. The zero-order valence-corrected chi connectivity index (χ0v) is 17.8. The smallest absolute Gasteiger partial charge is 0.208 e. The summed E-state index contributed by atoms with van der Waals surface area (Å²) in [4.78, 5) is 14.6. The van der Waals surface area contributed by atoms with Gasteiger partial charge in [0.15, 0.2) is 0 Å². The number of nitrogens with one attached hydrogen (secondary N) is 1. The number of carbonyl (C=O) groups excluding carboxylic acids is 1. The number of carbonyl (C=O) groups is 1. The van der Waals surface area contributed by atoms with Crippen molar-refractivity contribution in [2.24, 2.45) is 0 Å². The molecule has 0 atom stereocenters. The first kappa shape index (κ1) is 20.6. The molecule has 3 rings (SSSR count). The predicted octanol–water partition coefficient (Wildman–Crippen LogP) is 3.58. The Morgan fingerprint density at radius 3 is 2.57 bits per heavy atom. The van der Waals surface area contributed by atoms with Crippen LogP contribution in [0.2, 0.25) is 0 Å². The van der Waals surface area contributed by atoms with Gasteiger partial charge in [-0.2, -0.15) is 0 Å². The predicted molar refractivity (Wildman–Crippen MR) is 113 cm³/mol. The summed E-state index contributed by atoms with van der Waals surface area (Å²) >= 11 is 1.47. The molecular weight excluding hydrogens is 396 g/mol. The van der Waals surface area contributed by atoms with Gasteiger partial charge in [-0.3, -0.25) is 4.79 Å². The van der Waals surface area contributed by atoms with Crippen molar-refractivity contribution in [3.05, 3.63) is 52.5 Å². The van der Waals surface area contributed by atoms with Crippen LogP contribution in [0.3, 0.4) is 0 Å². The van der Waals surface area contributed by atoms with E-state index in [0.717, 1.165) is 27.9 Å². The Kier molecular flexibility index (Phi) is 6.22. The van der Waals surface area contributed by atoms with Crippen molar-refractivity contribution in [1.82, 2.24) is 9.29 Å². The quantitative estimate of drug-likeness (QED) is 0.424. The Hall–Kier alpha value is -2.16. The minimum absolute atomic E-state index is 0.00723. The van der Waals surface area contributed by atoms with Crippen LogP contribution in [0.5, 0.6) is 5.75 Å². The Labute approximate surface area is 169 Å². The maximum atomic E-state index is 12.8. The van der Waals surface area contributed by atoms with E-state index in [-0.39, 0.29) is 5.78 Å². The van der Waals surface area contributed by atoms with Crippen LogP contribution < -0.4 is 9.46 Å². The number of fused-ring (bicyclic) bond motifs is 1. The second kappa shape index (κ2) is 8.46. The lowest BCUT2D eigenvalue weighted by atomic mass is 10.1. The van der Waals surface area contributed by atoms with Crippen molar-refractivity contribution in [3.8, 4) is 5.75 Å². The summed E-state index contributed by atoms with van der Waals surface area (Å²) in [5.74, 6) is 0.743. The first-order valence-electron chi connectivity index (χ1n) is 9.10. The lowest BCUT2D eigenvalue weighted by molar-refractivity contribution is 0.104. The van der Waals surface area contributed by atoms with E-state index in [4.69, 9.17) is 4.74 Å². The molecule has 0 aliphatic rings. The summed E-state index contributed by atoms with van der Waals surface area (Å²) in [5.41, 5.74) is 1.73. The Bertz CT molecular complexity index is 1080. The van der Waals surface area contributed by atoms with E-state index in [1.807, 2.05) is 32.0 Å². The summed E-state index contributed by atoms with van der Waals surface area (Å²) in [6, 6.07) is 11.2. The molecule has 2 aromatic heterocycles. The van der Waals surface area contributed by atoms with Gasteiger partial charge in [-0.25, -0.2) is 13.1 Å². The molecule has 0 aliphatic carbocycles. The molecule has 0 saturated heterocycles. The highest BCUT2D eigenvalue weighted by molar-refractivity contribution is 7.88. The molecule has 0 radical (unpaired) electrons. The summed E-state index contributed by atoms with van der Waals surface area (Å²) in [7, 11) is -3.17. The third kappa shape index (κ3) is 4.81. The van der Waals surface area contributed by atoms with Gasteiger partial charge in [-0.1, -0.05) is 0 Å². The van der Waals surface area contributed by atoms with Gasteiger partial charge in [0.05, 0.1) is 17.7 Å². The first-order chi connectivity index (χ1) is 13.3. The van der Waals surface area contributed by atoms with Crippen LogP contribution in [-0.2, 0) is 16.6 Å². The highest BCUT2D eigenvalue weighted by Gasteiger charge is 2.16. The van der Waals surface area contributed by atoms with Crippen LogP contribution in [0, 0.1) is 6.92 Å². The molecule has 3 aromatic rings. The first-order valence-corrected chi connectivity index (χ1v) is 11.8. The second-order valence-corrected chi connectivity index (χ2v) is 9.48. The topological polar surface area (TPSA) is 77.4 Å². The number of hydrogen-bond donors (Lipinski definition) is 1. The summed E-state index contributed by atoms with van der Waals surface area (Å²) in [5, 5.41) is 1.04. The molecule has 150 valence electrons. The lowest BCUT2D eigenvalue weighted by Gasteiger charge is -2.07. The molecule has 1 N–H and O–H groups in total. The summed E-state index contributed by atoms with van der Waals surface area (Å²) in [6.07, 6.45) is 1.84. The number of sulfonamides is 1. The summed E-state index contributed by atoms with van der Waals surface area (Å²) in [6.45, 7) is 5.61. The third-order valence-corrected chi connectivity index (χ3v) is 6.25. The molecule has 2 heterocycles. The van der Waals surface area contributed by atoms with E-state index in [1.54, 1.807) is 12.1 Å². The fourth-order valence-electron chi connectivity index (χ4n) is 3.07. The molecule has 28 heavy (non-hydrogen) atoms. The minimum atomic E-state index is -3.17. The van der Waals surface area contributed by atoms with Crippen molar-refractivity contribution in [2.45, 2.75) is 26.8 Å². The van der Waals surface area contributed by atoms with E-state index in [2.05, 4.69) is 15.4 Å². The molecule has 0 aliphatic heterocycles. The fourth-order valence-corrected chi connectivity index (χ4v) is 4.77. The third-order valence-electron chi connectivity index (χ3n) is 4.35. The normalized spacial score (nSPS) is 11.8. The van der Waals surface area contributed by atoms with Crippen LogP contribution in [0.1, 0.15) is 34.3 Å². The van der Waals surface area contributed by atoms with Crippen LogP contribution in [0.25, 0.3) is 10.2 Å². The Morgan fingerprint density at radius 1 is 1.21 bits per heavy atom. The average molecular weight is 421 g/mol. The summed E-state index contributed by atoms with van der Waals surface area (Å²) < 4.78 is 32.4. The molecule has 8 heteroatoms. The number of nitrogens with zero attached hydrogens (tertiary/aromatic N) is 1. The van der Waals surface area contributed by atoms with Gasteiger partial charge in [0.2, 0.25) is 15.8 Å². The molecular formula is C20H24N2O4S2. The van der Waals surface area contributed by atoms with Crippen LogP contribution in [-0.4, -0.2) is 38.2 Å². The van der Waals surface area contributed by atoms with Gasteiger partial charge in [0.25, 0.3) is 0 Å². The van der Waals surface area contributed by atoms with Gasteiger partial charge in [-0.15, -0.1) is 11.3 Å². The molecule has 1 aromatic carbocycles. The molecule has 0 unspecified atom stereocenters. The van der Waals surface area contributed by atoms with Gasteiger partial charge in [-0.05, 0) is 56.7 Å². The average Bonchev–Trinajstić information content (AvgIpc) is 3.16. The zero-order chi connectivity index (χ0) is 20.3. The fraction of sp³-hybridized carbons (Fsp3) is 0.350. The number of aromatic nitrogens is 1. The van der Waals surface area contributed by atoms with Crippen molar-refractivity contribution < 1.29 is 17.9 Å². The molecule has 0 fully saturated rings. The van der Waals surface area contributed by atoms with E-state index in [9.17, 15) is 13.2 Å². The van der Waals surface area contributed by atoms with Crippen LogP contribution >= 0.6 is 11.3 Å². The molecule has 6 nitrogen and oxygen atoms in total. The number of ether oxygens (including phenoxy) is 1. The number of aryl methyl sites for hydroxylation is 2. The van der Waals surface area contributed by atoms with E-state index in [0.29, 0.717) is 36.6 Å². The monoisotopic (exact) mass is 420 g/mol. The van der Waals surface area contributed by atoms with E-state index >= 15 is 0 Å².